The molecule has 8 nitrogen and oxygen atoms in total. The van der Waals surface area contributed by atoms with E-state index in [-0.39, 0.29) is 28.3 Å². The van der Waals surface area contributed by atoms with E-state index in [4.69, 9.17) is 4.74 Å². The molecule has 0 bridgehead atoms. The van der Waals surface area contributed by atoms with E-state index in [0.717, 1.165) is 22.8 Å². The zero-order valence-corrected chi connectivity index (χ0v) is 19.0. The molecule has 0 amide bonds. The van der Waals surface area contributed by atoms with Gasteiger partial charge in [-0.15, -0.1) is 10.6 Å². The van der Waals surface area contributed by atoms with Gasteiger partial charge in [-0.05, 0) is 41.5 Å². The predicted octanol–water partition coefficient (Wildman–Crippen LogP) is 3.26. The molecular weight excluding hydrogens is 489 g/mol. The molecule has 0 unspecified atom stereocenters. The zero-order chi connectivity index (χ0) is 25.5. The van der Waals surface area contributed by atoms with Gasteiger partial charge in [0, 0.05) is 7.05 Å². The highest BCUT2D eigenvalue weighted by molar-refractivity contribution is 8.24. The molecule has 2 N–H and O–H groups in total. The van der Waals surface area contributed by atoms with Gasteiger partial charge in [0.1, 0.15) is 17.5 Å². The van der Waals surface area contributed by atoms with E-state index in [2.05, 4.69) is 0 Å². The largest absolute Gasteiger partial charge is 0.457 e. The van der Waals surface area contributed by atoms with Gasteiger partial charge in [-0.25, -0.2) is 22.8 Å². The minimum atomic E-state index is -3.78. The molecule has 0 radical (unpaired) electrons. The van der Waals surface area contributed by atoms with Crippen molar-refractivity contribution < 1.29 is 31.8 Å². The van der Waals surface area contributed by atoms with Crippen LogP contribution in [-0.4, -0.2) is 30.0 Å². The van der Waals surface area contributed by atoms with E-state index in [9.17, 15) is 36.7 Å². The Morgan fingerprint density at radius 2 is 1.69 bits per heavy atom. The van der Waals surface area contributed by atoms with Crippen molar-refractivity contribution in [2.24, 2.45) is 7.05 Å². The summed E-state index contributed by atoms with van der Waals surface area (Å²) in [6, 6.07) is 8.08. The average Bonchev–Trinajstić information content (AvgIpc) is 2.81. The van der Waals surface area contributed by atoms with Crippen LogP contribution in [0, 0.1) is 17.5 Å². The Balaban J connectivity index is 1.72. The Hall–Kier alpha value is -3.61. The number of hydrogen-bond donors (Lipinski definition) is 2. The minimum absolute atomic E-state index is 0.119. The molecule has 0 spiro atoms. The Bertz CT molecular complexity index is 1480. The van der Waals surface area contributed by atoms with E-state index in [1.165, 1.54) is 37.4 Å². The van der Waals surface area contributed by atoms with Crippen LogP contribution in [0.5, 0.6) is 0 Å². The van der Waals surface area contributed by atoms with Gasteiger partial charge in [0.2, 0.25) is 0 Å². The smallest absolute Gasteiger partial charge is 0.335 e. The lowest BCUT2D eigenvalue weighted by Crippen LogP contribution is -2.43. The SMILES string of the molecule is Cn1c2c(c(=O)n(Cc3ccc(F)c(F)c3)c1=O)C=C(C(=O)OCc1ccc(F)cc1)CS2(O)O. The molecule has 0 saturated carbocycles. The molecule has 0 atom stereocenters. The Kier molecular flexibility index (Phi) is 6.45. The van der Waals surface area contributed by atoms with Crippen molar-refractivity contribution in [2.75, 3.05) is 5.75 Å². The van der Waals surface area contributed by atoms with E-state index in [0.29, 0.717) is 10.1 Å². The molecule has 0 aliphatic carbocycles. The fraction of sp³-hybridized carbons (Fsp3) is 0.174. The predicted molar refractivity (Wildman–Crippen MR) is 122 cm³/mol. The van der Waals surface area contributed by atoms with Crippen molar-refractivity contribution in [3.05, 3.63) is 103 Å². The molecule has 1 aliphatic rings. The lowest BCUT2D eigenvalue weighted by Gasteiger charge is -2.37. The number of fused-ring (bicyclic) bond motifs is 1. The fourth-order valence-electron chi connectivity index (χ4n) is 3.69. The first kappa shape index (κ1) is 24.5. The third-order valence-corrected chi connectivity index (χ3v) is 7.21. The average molecular weight is 508 g/mol. The van der Waals surface area contributed by atoms with Gasteiger partial charge in [-0.2, -0.15) is 0 Å². The van der Waals surface area contributed by atoms with Crippen LogP contribution in [0.3, 0.4) is 0 Å². The van der Waals surface area contributed by atoms with E-state index < -0.39 is 57.6 Å². The van der Waals surface area contributed by atoms with E-state index in [1.807, 2.05) is 0 Å². The van der Waals surface area contributed by atoms with Crippen LogP contribution >= 0.6 is 10.6 Å². The van der Waals surface area contributed by atoms with Crippen molar-refractivity contribution in [3.8, 4) is 0 Å². The van der Waals surface area contributed by atoms with Gasteiger partial charge in [0.25, 0.3) is 5.56 Å². The highest BCUT2D eigenvalue weighted by Crippen LogP contribution is 2.52. The summed E-state index contributed by atoms with van der Waals surface area (Å²) >= 11 is 0. The number of ether oxygens (including phenoxy) is 1. The monoisotopic (exact) mass is 508 g/mol. The second-order valence-electron chi connectivity index (χ2n) is 7.88. The second-order valence-corrected chi connectivity index (χ2v) is 9.89. The molecule has 2 heterocycles. The molecule has 35 heavy (non-hydrogen) atoms. The first-order valence-electron chi connectivity index (χ1n) is 10.1. The van der Waals surface area contributed by atoms with Crippen LogP contribution in [0.1, 0.15) is 16.7 Å². The second kappa shape index (κ2) is 9.21. The van der Waals surface area contributed by atoms with Gasteiger partial charge in [0.15, 0.2) is 11.6 Å². The maximum Gasteiger partial charge on any atom is 0.335 e. The standard InChI is InChI=1S/C23H19F3N2O6S/c1-27-21-17(20(29)28(23(27)31)10-14-4-7-18(25)19(26)8-14)9-15(12-35(21,32)33)22(30)34-11-13-2-5-16(24)6-3-13/h2-9,32-33H,10-12H2,1H3. The molecule has 1 aliphatic heterocycles. The number of hydrogen-bond acceptors (Lipinski definition) is 6. The number of esters is 1. The van der Waals surface area contributed by atoms with Crippen LogP contribution in [0.15, 0.2) is 62.7 Å². The molecule has 1 aromatic heterocycles. The third kappa shape index (κ3) is 4.81. The van der Waals surface area contributed by atoms with Crippen molar-refractivity contribution in [1.82, 2.24) is 9.13 Å². The van der Waals surface area contributed by atoms with Gasteiger partial charge in [-0.3, -0.25) is 23.0 Å². The van der Waals surface area contributed by atoms with Crippen LogP contribution in [0.4, 0.5) is 13.2 Å². The Morgan fingerprint density at radius 1 is 1.03 bits per heavy atom. The van der Waals surface area contributed by atoms with Gasteiger partial charge >= 0.3 is 11.7 Å². The minimum Gasteiger partial charge on any atom is -0.457 e. The van der Waals surface area contributed by atoms with E-state index >= 15 is 0 Å². The quantitative estimate of drug-likeness (QED) is 0.404. The summed E-state index contributed by atoms with van der Waals surface area (Å²) < 4.78 is 68.0. The van der Waals surface area contributed by atoms with Crippen LogP contribution in [-0.2, 0) is 29.7 Å². The lowest BCUT2D eigenvalue weighted by molar-refractivity contribution is -0.140. The highest BCUT2D eigenvalue weighted by Gasteiger charge is 2.34. The van der Waals surface area contributed by atoms with Gasteiger partial charge < -0.3 is 4.74 Å². The number of halogens is 3. The summed E-state index contributed by atoms with van der Waals surface area (Å²) in [6.07, 6.45) is 1.11. The topological polar surface area (TPSA) is 111 Å². The van der Waals surface area contributed by atoms with Gasteiger partial charge in [-0.1, -0.05) is 18.2 Å². The van der Waals surface area contributed by atoms with Crippen molar-refractivity contribution in [1.29, 1.82) is 0 Å². The Morgan fingerprint density at radius 3 is 2.34 bits per heavy atom. The molecule has 0 fully saturated rings. The summed E-state index contributed by atoms with van der Waals surface area (Å²) in [6.45, 7) is -0.649. The molecule has 12 heteroatoms. The summed E-state index contributed by atoms with van der Waals surface area (Å²) in [5.74, 6) is -4.24. The number of benzene rings is 2. The van der Waals surface area contributed by atoms with Crippen LogP contribution < -0.4 is 11.2 Å². The fourth-order valence-corrected chi connectivity index (χ4v) is 5.48. The molecule has 3 aromatic rings. The number of nitrogens with zero attached hydrogens (tertiary/aromatic N) is 2. The highest BCUT2D eigenvalue weighted by atomic mass is 32.3. The van der Waals surface area contributed by atoms with Crippen molar-refractivity contribution in [2.45, 2.75) is 18.2 Å². The zero-order valence-electron chi connectivity index (χ0n) is 18.2. The normalized spacial score (nSPS) is 15.2. The summed E-state index contributed by atoms with van der Waals surface area (Å²) in [5.41, 5.74) is -1.78. The maximum absolute atomic E-state index is 13.6. The van der Waals surface area contributed by atoms with E-state index in [1.54, 1.807) is 0 Å². The van der Waals surface area contributed by atoms with Crippen molar-refractivity contribution >= 4 is 22.6 Å². The first-order chi connectivity index (χ1) is 16.5. The molecule has 2 aromatic carbocycles. The summed E-state index contributed by atoms with van der Waals surface area (Å²) in [5, 5.41) is -0.343. The first-order valence-corrected chi connectivity index (χ1v) is 11.9. The maximum atomic E-state index is 13.6. The number of carbonyl (C=O) groups excluding carboxylic acids is 1. The summed E-state index contributed by atoms with van der Waals surface area (Å²) in [7, 11) is -2.56. The van der Waals surface area contributed by atoms with Crippen LogP contribution in [0.25, 0.3) is 6.08 Å². The lowest BCUT2D eigenvalue weighted by atomic mass is 10.1. The number of carbonyl (C=O) groups is 1. The molecule has 0 saturated heterocycles. The third-order valence-electron chi connectivity index (χ3n) is 5.38. The molecule has 4 rings (SSSR count). The summed E-state index contributed by atoms with van der Waals surface area (Å²) in [4.78, 5) is 38.6. The molecule has 184 valence electrons. The molecular formula is C23H19F3N2O6S. The number of aromatic nitrogens is 2. The van der Waals surface area contributed by atoms with Crippen LogP contribution in [0.2, 0.25) is 0 Å². The Labute approximate surface area is 197 Å². The number of rotatable bonds is 5. The van der Waals surface area contributed by atoms with Crippen molar-refractivity contribution in [3.63, 3.8) is 0 Å². The van der Waals surface area contributed by atoms with Gasteiger partial charge in [0.05, 0.1) is 23.4 Å².